The lowest BCUT2D eigenvalue weighted by Gasteiger charge is -2.17. The first-order chi connectivity index (χ1) is 7.68. The van der Waals surface area contributed by atoms with E-state index in [0.29, 0.717) is 5.92 Å². The lowest BCUT2D eigenvalue weighted by molar-refractivity contribution is 0.321. The van der Waals surface area contributed by atoms with Gasteiger partial charge in [0, 0.05) is 37.6 Å². The van der Waals surface area contributed by atoms with Gasteiger partial charge in [-0.1, -0.05) is 13.8 Å². The second kappa shape index (κ2) is 7.30. The van der Waals surface area contributed by atoms with E-state index in [0.717, 1.165) is 31.7 Å². The SMILES string of the molecule is CC(C)CNCCN(C)Cc1cncnc1. The molecule has 16 heavy (non-hydrogen) atoms. The summed E-state index contributed by atoms with van der Waals surface area (Å²) >= 11 is 0. The van der Waals surface area contributed by atoms with Crippen molar-refractivity contribution < 1.29 is 0 Å². The van der Waals surface area contributed by atoms with Crippen LogP contribution in [0, 0.1) is 5.92 Å². The number of nitrogens with one attached hydrogen (secondary N) is 1. The Labute approximate surface area is 98.1 Å². The molecule has 0 unspecified atom stereocenters. The predicted molar refractivity (Wildman–Crippen MR) is 66.1 cm³/mol. The van der Waals surface area contributed by atoms with Crippen molar-refractivity contribution in [2.75, 3.05) is 26.7 Å². The summed E-state index contributed by atoms with van der Waals surface area (Å²) in [7, 11) is 2.12. The second-order valence-electron chi connectivity index (χ2n) is 4.58. The van der Waals surface area contributed by atoms with Crippen molar-refractivity contribution in [1.82, 2.24) is 20.2 Å². The van der Waals surface area contributed by atoms with E-state index in [4.69, 9.17) is 0 Å². The Morgan fingerprint density at radius 2 is 2.00 bits per heavy atom. The molecule has 0 amide bonds. The zero-order valence-electron chi connectivity index (χ0n) is 10.5. The van der Waals surface area contributed by atoms with Crippen LogP contribution in [0.1, 0.15) is 19.4 Å². The molecule has 0 fully saturated rings. The van der Waals surface area contributed by atoms with Gasteiger partial charge >= 0.3 is 0 Å². The smallest absolute Gasteiger partial charge is 0.115 e. The summed E-state index contributed by atoms with van der Waals surface area (Å²) in [5.41, 5.74) is 1.16. The molecule has 1 rings (SSSR count). The molecule has 1 heterocycles. The number of hydrogen-bond acceptors (Lipinski definition) is 4. The standard InChI is InChI=1S/C12H22N4/c1-11(2)6-13-4-5-16(3)9-12-7-14-10-15-8-12/h7-8,10-11,13H,4-6,9H2,1-3H3. The van der Waals surface area contributed by atoms with Gasteiger partial charge in [-0.25, -0.2) is 9.97 Å². The molecule has 0 bridgehead atoms. The number of hydrogen-bond donors (Lipinski definition) is 1. The van der Waals surface area contributed by atoms with Crippen LogP contribution in [0.3, 0.4) is 0 Å². The summed E-state index contributed by atoms with van der Waals surface area (Å²) in [5, 5.41) is 3.43. The molecule has 0 atom stereocenters. The van der Waals surface area contributed by atoms with Gasteiger partial charge < -0.3 is 10.2 Å². The largest absolute Gasteiger partial charge is 0.315 e. The molecule has 0 aromatic carbocycles. The van der Waals surface area contributed by atoms with Gasteiger partial charge in [0.1, 0.15) is 6.33 Å². The fourth-order valence-electron chi connectivity index (χ4n) is 1.46. The minimum Gasteiger partial charge on any atom is -0.315 e. The van der Waals surface area contributed by atoms with Crippen molar-refractivity contribution in [3.8, 4) is 0 Å². The fraction of sp³-hybridized carbons (Fsp3) is 0.667. The topological polar surface area (TPSA) is 41.0 Å². The second-order valence-corrected chi connectivity index (χ2v) is 4.58. The third kappa shape index (κ3) is 5.78. The Kier molecular flexibility index (Phi) is 5.96. The molecule has 1 aromatic rings. The van der Waals surface area contributed by atoms with E-state index in [-0.39, 0.29) is 0 Å². The molecular formula is C12H22N4. The average Bonchev–Trinajstić information content (AvgIpc) is 2.25. The lowest BCUT2D eigenvalue weighted by atomic mass is 10.2. The highest BCUT2D eigenvalue weighted by molar-refractivity contribution is 5.01. The average molecular weight is 222 g/mol. The minimum atomic E-state index is 0.716. The molecule has 1 N–H and O–H groups in total. The van der Waals surface area contributed by atoms with Crippen molar-refractivity contribution in [1.29, 1.82) is 0 Å². The van der Waals surface area contributed by atoms with Crippen LogP contribution in [-0.2, 0) is 6.54 Å². The molecule has 0 aliphatic heterocycles. The van der Waals surface area contributed by atoms with E-state index >= 15 is 0 Å². The maximum Gasteiger partial charge on any atom is 0.115 e. The van der Waals surface area contributed by atoms with Crippen molar-refractivity contribution in [3.05, 3.63) is 24.3 Å². The highest BCUT2D eigenvalue weighted by Gasteiger charge is 2.00. The highest BCUT2D eigenvalue weighted by Crippen LogP contribution is 1.97. The Hall–Kier alpha value is -1.00. The quantitative estimate of drug-likeness (QED) is 0.703. The van der Waals surface area contributed by atoms with Gasteiger partial charge in [-0.3, -0.25) is 0 Å². The van der Waals surface area contributed by atoms with Crippen molar-refractivity contribution in [3.63, 3.8) is 0 Å². The van der Waals surface area contributed by atoms with Gasteiger partial charge in [-0.2, -0.15) is 0 Å². The maximum absolute atomic E-state index is 4.00. The Morgan fingerprint density at radius 1 is 1.31 bits per heavy atom. The number of likely N-dealkylation sites (N-methyl/N-ethyl adjacent to an activating group) is 1. The van der Waals surface area contributed by atoms with Crippen LogP contribution < -0.4 is 5.32 Å². The first-order valence-corrected chi connectivity index (χ1v) is 5.81. The lowest BCUT2D eigenvalue weighted by Crippen LogP contribution is -2.30. The van der Waals surface area contributed by atoms with Gasteiger partial charge in [0.15, 0.2) is 0 Å². The summed E-state index contributed by atoms with van der Waals surface area (Å²) in [4.78, 5) is 10.3. The Bertz CT molecular complexity index is 274. The molecule has 0 aliphatic carbocycles. The van der Waals surface area contributed by atoms with E-state index in [2.05, 4.69) is 41.1 Å². The summed E-state index contributed by atoms with van der Waals surface area (Å²) in [6.07, 6.45) is 5.30. The number of rotatable bonds is 7. The normalized spacial score (nSPS) is 11.3. The van der Waals surface area contributed by atoms with Gasteiger partial charge in [0.05, 0.1) is 0 Å². The van der Waals surface area contributed by atoms with Crippen molar-refractivity contribution in [2.45, 2.75) is 20.4 Å². The summed E-state index contributed by atoms with van der Waals surface area (Å²) in [6.45, 7) is 8.51. The van der Waals surface area contributed by atoms with Gasteiger partial charge in [0.2, 0.25) is 0 Å². The first kappa shape index (κ1) is 13.1. The highest BCUT2D eigenvalue weighted by atomic mass is 15.1. The molecule has 4 heteroatoms. The van der Waals surface area contributed by atoms with Gasteiger partial charge in [0.25, 0.3) is 0 Å². The van der Waals surface area contributed by atoms with E-state index < -0.39 is 0 Å². The Balaban J connectivity index is 2.14. The van der Waals surface area contributed by atoms with Crippen LogP contribution in [0.2, 0.25) is 0 Å². The zero-order valence-corrected chi connectivity index (χ0v) is 10.5. The van der Waals surface area contributed by atoms with Crippen molar-refractivity contribution >= 4 is 0 Å². The van der Waals surface area contributed by atoms with Crippen LogP contribution in [0.25, 0.3) is 0 Å². The van der Waals surface area contributed by atoms with Crippen molar-refractivity contribution in [2.24, 2.45) is 5.92 Å². The van der Waals surface area contributed by atoms with Crippen LogP contribution in [0.4, 0.5) is 0 Å². The van der Waals surface area contributed by atoms with Crippen LogP contribution >= 0.6 is 0 Å². The van der Waals surface area contributed by atoms with Gasteiger partial charge in [-0.05, 0) is 19.5 Å². The third-order valence-corrected chi connectivity index (χ3v) is 2.29. The molecule has 0 saturated heterocycles. The predicted octanol–water partition coefficient (Wildman–Crippen LogP) is 1.15. The molecule has 0 spiro atoms. The molecule has 0 saturated carbocycles. The van der Waals surface area contributed by atoms with E-state index in [1.54, 1.807) is 6.33 Å². The zero-order chi connectivity index (χ0) is 11.8. The minimum absolute atomic E-state index is 0.716. The number of nitrogens with zero attached hydrogens (tertiary/aromatic N) is 3. The molecule has 0 aliphatic rings. The van der Waals surface area contributed by atoms with Crippen LogP contribution in [-0.4, -0.2) is 41.5 Å². The summed E-state index contributed by atoms with van der Waals surface area (Å²) in [6, 6.07) is 0. The number of aromatic nitrogens is 2. The van der Waals surface area contributed by atoms with Crippen LogP contribution in [0.15, 0.2) is 18.7 Å². The summed E-state index contributed by atoms with van der Waals surface area (Å²) in [5.74, 6) is 0.716. The molecular weight excluding hydrogens is 200 g/mol. The van der Waals surface area contributed by atoms with E-state index in [1.807, 2.05) is 12.4 Å². The van der Waals surface area contributed by atoms with E-state index in [9.17, 15) is 0 Å². The first-order valence-electron chi connectivity index (χ1n) is 5.81. The third-order valence-electron chi connectivity index (χ3n) is 2.29. The maximum atomic E-state index is 4.00. The Morgan fingerprint density at radius 3 is 2.62 bits per heavy atom. The molecule has 4 nitrogen and oxygen atoms in total. The molecule has 90 valence electrons. The van der Waals surface area contributed by atoms with Crippen LogP contribution in [0.5, 0.6) is 0 Å². The van der Waals surface area contributed by atoms with E-state index in [1.165, 1.54) is 0 Å². The summed E-state index contributed by atoms with van der Waals surface area (Å²) < 4.78 is 0. The molecule has 1 aromatic heterocycles. The fourth-order valence-corrected chi connectivity index (χ4v) is 1.46. The molecule has 0 radical (unpaired) electrons. The monoisotopic (exact) mass is 222 g/mol. The van der Waals surface area contributed by atoms with Gasteiger partial charge in [-0.15, -0.1) is 0 Å².